The SMILES string of the molecule is CCN(Cc1cccc(C)n1)c1c(CBr)c(C)nn1C. The van der Waals surface area contributed by atoms with Crippen molar-refractivity contribution < 1.29 is 0 Å². The molecule has 0 aliphatic rings. The van der Waals surface area contributed by atoms with Gasteiger partial charge in [-0.3, -0.25) is 9.67 Å². The van der Waals surface area contributed by atoms with Crippen molar-refractivity contribution in [2.45, 2.75) is 32.6 Å². The standard InChI is InChI=1S/C15H21BrN4/c1-5-20(10-13-8-6-7-11(2)17-13)15-14(9-16)12(3)18-19(15)4/h6-8H,5,9-10H2,1-4H3. The maximum absolute atomic E-state index is 4.60. The maximum atomic E-state index is 4.60. The van der Waals surface area contributed by atoms with Crippen LogP contribution in [-0.4, -0.2) is 21.3 Å². The Labute approximate surface area is 128 Å². The molecule has 5 heteroatoms. The van der Waals surface area contributed by atoms with Crippen molar-refractivity contribution in [1.82, 2.24) is 14.8 Å². The summed E-state index contributed by atoms with van der Waals surface area (Å²) < 4.78 is 1.96. The van der Waals surface area contributed by atoms with Crippen LogP contribution in [0, 0.1) is 13.8 Å². The summed E-state index contributed by atoms with van der Waals surface area (Å²) in [6.07, 6.45) is 0. The van der Waals surface area contributed by atoms with E-state index in [0.29, 0.717) is 0 Å². The smallest absolute Gasteiger partial charge is 0.131 e. The van der Waals surface area contributed by atoms with Crippen LogP contribution in [0.2, 0.25) is 0 Å². The van der Waals surface area contributed by atoms with Gasteiger partial charge in [-0.05, 0) is 32.9 Å². The summed E-state index contributed by atoms with van der Waals surface area (Å²) in [6, 6.07) is 6.16. The van der Waals surface area contributed by atoms with E-state index in [9.17, 15) is 0 Å². The summed E-state index contributed by atoms with van der Waals surface area (Å²) in [7, 11) is 2.00. The largest absolute Gasteiger partial charge is 0.351 e. The van der Waals surface area contributed by atoms with E-state index in [1.165, 1.54) is 11.4 Å². The number of pyridine rings is 1. The van der Waals surface area contributed by atoms with Gasteiger partial charge in [-0.15, -0.1) is 0 Å². The van der Waals surface area contributed by atoms with Gasteiger partial charge >= 0.3 is 0 Å². The number of hydrogen-bond donors (Lipinski definition) is 0. The highest BCUT2D eigenvalue weighted by Gasteiger charge is 2.18. The number of aryl methyl sites for hydroxylation is 3. The lowest BCUT2D eigenvalue weighted by atomic mass is 10.2. The Morgan fingerprint density at radius 3 is 2.65 bits per heavy atom. The van der Waals surface area contributed by atoms with Crippen molar-refractivity contribution in [3.63, 3.8) is 0 Å². The van der Waals surface area contributed by atoms with Gasteiger partial charge in [0.05, 0.1) is 17.9 Å². The minimum absolute atomic E-state index is 0.803. The number of nitrogens with zero attached hydrogens (tertiary/aromatic N) is 4. The molecule has 20 heavy (non-hydrogen) atoms. The molecule has 2 rings (SSSR count). The van der Waals surface area contributed by atoms with Crippen molar-refractivity contribution in [3.8, 4) is 0 Å². The van der Waals surface area contributed by atoms with Crippen molar-refractivity contribution in [2.24, 2.45) is 7.05 Å². The first-order chi connectivity index (χ1) is 9.56. The second-order valence-corrected chi connectivity index (χ2v) is 5.49. The fraction of sp³-hybridized carbons (Fsp3) is 0.467. The zero-order valence-corrected chi connectivity index (χ0v) is 14.1. The molecule has 0 aromatic carbocycles. The minimum atomic E-state index is 0.803. The number of alkyl halides is 1. The van der Waals surface area contributed by atoms with E-state index in [4.69, 9.17) is 0 Å². The van der Waals surface area contributed by atoms with Crippen LogP contribution in [0.15, 0.2) is 18.2 Å². The number of halogens is 1. The van der Waals surface area contributed by atoms with Gasteiger partial charge in [-0.1, -0.05) is 22.0 Å². The molecular weight excluding hydrogens is 316 g/mol. The molecule has 0 fully saturated rings. The molecule has 4 nitrogen and oxygen atoms in total. The van der Waals surface area contributed by atoms with Gasteiger partial charge in [0, 0.05) is 30.2 Å². The molecule has 0 radical (unpaired) electrons. The summed E-state index contributed by atoms with van der Waals surface area (Å²) in [5.41, 5.74) is 4.48. The lowest BCUT2D eigenvalue weighted by molar-refractivity contribution is 0.698. The van der Waals surface area contributed by atoms with Gasteiger partial charge in [0.15, 0.2) is 0 Å². The van der Waals surface area contributed by atoms with Gasteiger partial charge in [0.1, 0.15) is 5.82 Å². The molecule has 0 aliphatic heterocycles. The normalized spacial score (nSPS) is 10.8. The van der Waals surface area contributed by atoms with Gasteiger partial charge in [-0.2, -0.15) is 5.10 Å². The predicted octanol–water partition coefficient (Wildman–Crippen LogP) is 3.35. The zero-order chi connectivity index (χ0) is 14.7. The topological polar surface area (TPSA) is 34.0 Å². The first-order valence-electron chi connectivity index (χ1n) is 6.82. The second kappa shape index (κ2) is 6.39. The van der Waals surface area contributed by atoms with E-state index in [2.05, 4.69) is 56.9 Å². The van der Waals surface area contributed by atoms with Gasteiger partial charge in [-0.25, -0.2) is 0 Å². The number of aromatic nitrogens is 3. The zero-order valence-electron chi connectivity index (χ0n) is 12.5. The summed E-state index contributed by atoms with van der Waals surface area (Å²) >= 11 is 3.57. The summed E-state index contributed by atoms with van der Waals surface area (Å²) in [5.74, 6) is 1.17. The van der Waals surface area contributed by atoms with E-state index in [0.717, 1.165) is 35.5 Å². The van der Waals surface area contributed by atoms with E-state index < -0.39 is 0 Å². The number of rotatable bonds is 5. The lowest BCUT2D eigenvalue weighted by Gasteiger charge is -2.24. The Kier molecular flexibility index (Phi) is 4.81. The Balaban J connectivity index is 2.33. The first-order valence-corrected chi connectivity index (χ1v) is 7.94. The van der Waals surface area contributed by atoms with E-state index >= 15 is 0 Å². The molecule has 0 amide bonds. The van der Waals surface area contributed by atoms with Crippen molar-refractivity contribution in [3.05, 3.63) is 40.8 Å². The van der Waals surface area contributed by atoms with Crippen LogP contribution >= 0.6 is 15.9 Å². The Bertz CT molecular complexity index is 592. The molecule has 0 bridgehead atoms. The molecule has 0 saturated carbocycles. The second-order valence-electron chi connectivity index (χ2n) is 4.93. The summed E-state index contributed by atoms with van der Waals surface area (Å²) in [5, 5.41) is 5.35. The number of anilines is 1. The Hall–Kier alpha value is -1.36. The molecular formula is C15H21BrN4. The molecule has 0 atom stereocenters. The lowest BCUT2D eigenvalue weighted by Crippen LogP contribution is -2.26. The fourth-order valence-electron chi connectivity index (χ4n) is 2.46. The third-order valence-electron chi connectivity index (χ3n) is 3.43. The van der Waals surface area contributed by atoms with E-state index in [1.54, 1.807) is 0 Å². The van der Waals surface area contributed by atoms with Crippen LogP contribution in [0.5, 0.6) is 0 Å². The number of hydrogen-bond acceptors (Lipinski definition) is 3. The van der Waals surface area contributed by atoms with Crippen LogP contribution in [0.3, 0.4) is 0 Å². The van der Waals surface area contributed by atoms with Crippen molar-refractivity contribution in [2.75, 3.05) is 11.4 Å². The molecule has 2 aromatic rings. The molecule has 2 heterocycles. The summed E-state index contributed by atoms with van der Waals surface area (Å²) in [4.78, 5) is 6.91. The molecule has 0 saturated heterocycles. The molecule has 2 aromatic heterocycles. The highest BCUT2D eigenvalue weighted by Crippen LogP contribution is 2.26. The average Bonchev–Trinajstić information content (AvgIpc) is 2.70. The molecule has 0 N–H and O–H groups in total. The molecule has 0 aliphatic carbocycles. The van der Waals surface area contributed by atoms with Crippen LogP contribution < -0.4 is 4.90 Å². The van der Waals surface area contributed by atoms with Gasteiger partial charge in [0.2, 0.25) is 0 Å². The average molecular weight is 337 g/mol. The van der Waals surface area contributed by atoms with E-state index in [1.807, 2.05) is 24.7 Å². The highest BCUT2D eigenvalue weighted by atomic mass is 79.9. The van der Waals surface area contributed by atoms with Crippen LogP contribution in [0.1, 0.15) is 29.6 Å². The Morgan fingerprint density at radius 2 is 2.05 bits per heavy atom. The van der Waals surface area contributed by atoms with Crippen molar-refractivity contribution in [1.29, 1.82) is 0 Å². The van der Waals surface area contributed by atoms with Crippen LogP contribution in [0.25, 0.3) is 0 Å². The predicted molar refractivity (Wildman–Crippen MR) is 86.3 cm³/mol. The highest BCUT2D eigenvalue weighted by molar-refractivity contribution is 9.08. The maximum Gasteiger partial charge on any atom is 0.131 e. The van der Waals surface area contributed by atoms with Gasteiger partial charge < -0.3 is 4.90 Å². The minimum Gasteiger partial charge on any atom is -0.351 e. The van der Waals surface area contributed by atoms with Crippen LogP contribution in [-0.2, 0) is 18.9 Å². The molecule has 0 unspecified atom stereocenters. The van der Waals surface area contributed by atoms with E-state index in [-0.39, 0.29) is 0 Å². The quantitative estimate of drug-likeness (QED) is 0.785. The first kappa shape index (κ1) is 15.0. The van der Waals surface area contributed by atoms with Crippen molar-refractivity contribution >= 4 is 21.7 Å². The third kappa shape index (κ3) is 3.03. The third-order valence-corrected chi connectivity index (χ3v) is 3.99. The van der Waals surface area contributed by atoms with Crippen LogP contribution in [0.4, 0.5) is 5.82 Å². The van der Waals surface area contributed by atoms with Gasteiger partial charge in [0.25, 0.3) is 0 Å². The monoisotopic (exact) mass is 336 g/mol. The molecule has 108 valence electrons. The Morgan fingerprint density at radius 1 is 1.30 bits per heavy atom. The fourth-order valence-corrected chi connectivity index (χ4v) is 3.12. The molecule has 0 spiro atoms. The summed E-state index contributed by atoms with van der Waals surface area (Å²) in [6.45, 7) is 7.97.